The number of carbonyl (C=O) groups is 1. The summed E-state index contributed by atoms with van der Waals surface area (Å²) in [7, 11) is -3.81. The zero-order valence-electron chi connectivity index (χ0n) is 10.4. The van der Waals surface area contributed by atoms with E-state index in [0.717, 1.165) is 11.1 Å². The zero-order valence-corrected chi connectivity index (χ0v) is 11.2. The van der Waals surface area contributed by atoms with Gasteiger partial charge in [0.05, 0.1) is 4.90 Å². The monoisotopic (exact) mass is 272 g/mol. The van der Waals surface area contributed by atoms with Crippen molar-refractivity contribution in [1.29, 1.82) is 0 Å². The number of hydrogen-bond acceptors (Lipinski definition) is 4. The quantitative estimate of drug-likeness (QED) is 0.752. The molecule has 0 heterocycles. The topological polar surface area (TPSA) is 109 Å². The van der Waals surface area contributed by atoms with Crippen LogP contribution in [0.1, 0.15) is 18.1 Å². The Kier molecular flexibility index (Phi) is 3.98. The molecule has 1 unspecified atom stereocenters. The van der Waals surface area contributed by atoms with Crippen molar-refractivity contribution in [3.8, 4) is 0 Å². The van der Waals surface area contributed by atoms with Crippen LogP contribution in [-0.4, -0.2) is 25.5 Å². The number of carboxylic acid groups (broad SMARTS) is 1. The van der Waals surface area contributed by atoms with Gasteiger partial charge in [-0.1, -0.05) is 0 Å². The van der Waals surface area contributed by atoms with Gasteiger partial charge in [-0.05, 0) is 44.0 Å². The van der Waals surface area contributed by atoms with E-state index in [2.05, 4.69) is 5.32 Å². The van der Waals surface area contributed by atoms with Crippen LogP contribution < -0.4 is 10.5 Å². The number of sulfonamides is 1. The van der Waals surface area contributed by atoms with Crippen molar-refractivity contribution in [2.45, 2.75) is 31.7 Å². The van der Waals surface area contributed by atoms with Crippen LogP contribution in [0.25, 0.3) is 0 Å². The molecule has 1 rings (SSSR count). The van der Waals surface area contributed by atoms with Gasteiger partial charge >= 0.3 is 5.97 Å². The lowest BCUT2D eigenvalue weighted by atomic mass is 10.1. The second-order valence-corrected chi connectivity index (χ2v) is 5.72. The minimum atomic E-state index is -3.81. The number of rotatable bonds is 4. The lowest BCUT2D eigenvalue weighted by molar-refractivity contribution is -0.137. The van der Waals surface area contributed by atoms with Gasteiger partial charge in [0.2, 0.25) is 10.0 Å². The minimum Gasteiger partial charge on any atom is -0.480 e. The van der Waals surface area contributed by atoms with Crippen LogP contribution in [0.2, 0.25) is 0 Å². The van der Waals surface area contributed by atoms with Gasteiger partial charge in [0.25, 0.3) is 0 Å². The van der Waals surface area contributed by atoms with E-state index in [0.29, 0.717) is 5.69 Å². The molecule has 0 saturated carbocycles. The number of aryl methyl sites for hydroxylation is 1. The molecule has 0 radical (unpaired) electrons. The smallest absolute Gasteiger partial charge is 0.325 e. The van der Waals surface area contributed by atoms with Crippen molar-refractivity contribution >= 4 is 21.7 Å². The summed E-state index contributed by atoms with van der Waals surface area (Å²) in [5.74, 6) is -1.02. The highest BCUT2D eigenvalue weighted by atomic mass is 32.2. The number of carboxylic acids is 1. The third kappa shape index (κ3) is 3.21. The van der Waals surface area contributed by atoms with E-state index >= 15 is 0 Å². The molecule has 1 aromatic carbocycles. The summed E-state index contributed by atoms with van der Waals surface area (Å²) in [4.78, 5) is 10.7. The van der Waals surface area contributed by atoms with Gasteiger partial charge in [-0.2, -0.15) is 0 Å². The fourth-order valence-electron chi connectivity index (χ4n) is 1.44. The molecule has 7 heteroatoms. The Morgan fingerprint density at radius 1 is 1.39 bits per heavy atom. The average molecular weight is 272 g/mol. The molecule has 0 aliphatic rings. The van der Waals surface area contributed by atoms with E-state index in [-0.39, 0.29) is 4.90 Å². The number of nitrogens with two attached hydrogens (primary N) is 1. The highest BCUT2D eigenvalue weighted by molar-refractivity contribution is 7.89. The van der Waals surface area contributed by atoms with E-state index in [1.807, 2.05) is 0 Å². The predicted molar refractivity (Wildman–Crippen MR) is 68.0 cm³/mol. The number of hydrogen-bond donors (Lipinski definition) is 3. The molecule has 0 fully saturated rings. The summed E-state index contributed by atoms with van der Waals surface area (Å²) in [6.07, 6.45) is 0. The molecule has 0 aliphatic heterocycles. The Balaban J connectivity index is 3.27. The number of aliphatic carboxylic acids is 1. The van der Waals surface area contributed by atoms with Crippen LogP contribution in [0, 0.1) is 13.8 Å². The van der Waals surface area contributed by atoms with Crippen molar-refractivity contribution in [3.63, 3.8) is 0 Å². The summed E-state index contributed by atoms with van der Waals surface area (Å²) in [5, 5.41) is 16.6. The molecular weight excluding hydrogens is 256 g/mol. The second-order valence-electron chi connectivity index (χ2n) is 4.16. The van der Waals surface area contributed by atoms with Gasteiger partial charge in [0, 0.05) is 5.69 Å². The summed E-state index contributed by atoms with van der Waals surface area (Å²) in [5.41, 5.74) is 1.96. The van der Waals surface area contributed by atoms with E-state index in [9.17, 15) is 13.2 Å². The molecule has 1 atom stereocenters. The maximum atomic E-state index is 11.3. The van der Waals surface area contributed by atoms with Crippen LogP contribution in [0.5, 0.6) is 0 Å². The third-order valence-electron chi connectivity index (χ3n) is 2.71. The van der Waals surface area contributed by atoms with E-state index in [4.69, 9.17) is 10.2 Å². The standard InChI is InChI=1S/C11H16N2O4S/c1-6-4-9(18(12,16)17)5-10(7(6)2)13-8(3)11(14)15/h4-5,8,13H,1-3H3,(H,14,15)(H2,12,16,17). The maximum absolute atomic E-state index is 11.3. The lowest BCUT2D eigenvalue weighted by Crippen LogP contribution is -2.26. The fraction of sp³-hybridized carbons (Fsp3) is 0.364. The molecule has 0 amide bonds. The van der Waals surface area contributed by atoms with Gasteiger partial charge in [0.1, 0.15) is 6.04 Å². The van der Waals surface area contributed by atoms with Gasteiger partial charge in [-0.25, -0.2) is 13.6 Å². The van der Waals surface area contributed by atoms with Crippen LogP contribution in [0.15, 0.2) is 17.0 Å². The highest BCUT2D eigenvalue weighted by Crippen LogP contribution is 2.24. The number of primary sulfonamides is 1. The minimum absolute atomic E-state index is 0.0364. The summed E-state index contributed by atoms with van der Waals surface area (Å²) in [6.45, 7) is 4.99. The Morgan fingerprint density at radius 2 is 1.94 bits per heavy atom. The second kappa shape index (κ2) is 4.95. The number of benzene rings is 1. The summed E-state index contributed by atoms with van der Waals surface area (Å²) < 4.78 is 22.6. The first-order valence-electron chi connectivity index (χ1n) is 5.26. The molecule has 0 bridgehead atoms. The van der Waals surface area contributed by atoms with E-state index in [1.54, 1.807) is 13.8 Å². The third-order valence-corrected chi connectivity index (χ3v) is 3.60. The van der Waals surface area contributed by atoms with Crippen LogP contribution in [0.4, 0.5) is 5.69 Å². The van der Waals surface area contributed by atoms with Gasteiger partial charge in [-0.3, -0.25) is 4.79 Å². The molecule has 0 aromatic heterocycles. The molecule has 18 heavy (non-hydrogen) atoms. The first kappa shape index (κ1) is 14.5. The molecule has 4 N–H and O–H groups in total. The predicted octanol–water partition coefficient (Wildman–Crippen LogP) is 0.836. The molecule has 1 aromatic rings. The van der Waals surface area contributed by atoms with Crippen LogP contribution in [-0.2, 0) is 14.8 Å². The molecular formula is C11H16N2O4S. The Morgan fingerprint density at radius 3 is 2.39 bits per heavy atom. The van der Waals surface area contributed by atoms with Gasteiger partial charge in [0.15, 0.2) is 0 Å². The molecule has 0 saturated heterocycles. The summed E-state index contributed by atoms with van der Waals surface area (Å²) >= 11 is 0. The summed E-state index contributed by atoms with van der Waals surface area (Å²) in [6, 6.07) is 1.98. The molecule has 0 aliphatic carbocycles. The molecule has 0 spiro atoms. The maximum Gasteiger partial charge on any atom is 0.325 e. The van der Waals surface area contributed by atoms with Crippen LogP contribution >= 0.6 is 0 Å². The van der Waals surface area contributed by atoms with Crippen molar-refractivity contribution in [2.75, 3.05) is 5.32 Å². The Hall–Kier alpha value is -1.60. The van der Waals surface area contributed by atoms with Crippen molar-refractivity contribution < 1.29 is 18.3 Å². The zero-order chi connectivity index (χ0) is 14.1. The first-order chi connectivity index (χ1) is 8.12. The number of nitrogens with one attached hydrogen (secondary N) is 1. The lowest BCUT2D eigenvalue weighted by Gasteiger charge is -2.16. The van der Waals surface area contributed by atoms with Crippen molar-refractivity contribution in [1.82, 2.24) is 0 Å². The van der Waals surface area contributed by atoms with Crippen molar-refractivity contribution in [2.24, 2.45) is 5.14 Å². The normalized spacial score (nSPS) is 13.1. The van der Waals surface area contributed by atoms with Crippen molar-refractivity contribution in [3.05, 3.63) is 23.3 Å². The Bertz CT molecular complexity index is 581. The Labute approximate surface area is 106 Å². The van der Waals surface area contributed by atoms with Gasteiger partial charge in [-0.15, -0.1) is 0 Å². The van der Waals surface area contributed by atoms with E-state index in [1.165, 1.54) is 19.1 Å². The molecule has 6 nitrogen and oxygen atoms in total. The van der Waals surface area contributed by atoms with Gasteiger partial charge < -0.3 is 10.4 Å². The highest BCUT2D eigenvalue weighted by Gasteiger charge is 2.16. The molecule has 100 valence electrons. The fourth-order valence-corrected chi connectivity index (χ4v) is 2.06. The number of anilines is 1. The first-order valence-corrected chi connectivity index (χ1v) is 6.81. The average Bonchev–Trinajstić information content (AvgIpc) is 2.22. The largest absolute Gasteiger partial charge is 0.480 e. The SMILES string of the molecule is Cc1cc(S(N)(=O)=O)cc(NC(C)C(=O)O)c1C. The van der Waals surface area contributed by atoms with E-state index < -0.39 is 22.0 Å². The van der Waals surface area contributed by atoms with Crippen LogP contribution in [0.3, 0.4) is 0 Å².